The molecule has 0 saturated carbocycles. The molecule has 0 bridgehead atoms. The summed E-state index contributed by atoms with van der Waals surface area (Å²) in [4.78, 5) is 14.3. The van der Waals surface area contributed by atoms with Crippen LogP contribution in [-0.4, -0.2) is 26.7 Å². The predicted octanol–water partition coefficient (Wildman–Crippen LogP) is 6.41. The van der Waals surface area contributed by atoms with Gasteiger partial charge in [0.1, 0.15) is 11.5 Å². The Morgan fingerprint density at radius 1 is 0.697 bits per heavy atom. The van der Waals surface area contributed by atoms with Gasteiger partial charge < -0.3 is 9.84 Å². The number of aryl methyl sites for hydroxylation is 4. The summed E-state index contributed by atoms with van der Waals surface area (Å²) in [6, 6.07) is 17.6. The standard InChI is InChI=1S/C28H28N3O2/c1-6-13-33-21-9-12-24(25(32)16-21)28-30-26(22-10-7-17(2)14-19(22)4)29-27(31-28)23-11-8-18(3)15-20(23)5/h7-12,14-16,32H,1,6,13H2,2-5H3. The Balaban J connectivity index is 1.90. The first-order chi connectivity index (χ1) is 15.9. The van der Waals surface area contributed by atoms with Gasteiger partial charge in [-0.05, 0) is 64.3 Å². The average molecular weight is 439 g/mol. The highest BCUT2D eigenvalue weighted by molar-refractivity contribution is 5.72. The zero-order valence-electron chi connectivity index (χ0n) is 19.5. The summed E-state index contributed by atoms with van der Waals surface area (Å²) in [5.74, 6) is 2.20. The maximum atomic E-state index is 10.8. The van der Waals surface area contributed by atoms with E-state index < -0.39 is 0 Å². The number of aromatic nitrogens is 3. The molecule has 0 aliphatic rings. The van der Waals surface area contributed by atoms with Crippen LogP contribution in [0.4, 0.5) is 0 Å². The van der Waals surface area contributed by atoms with Crippen molar-refractivity contribution >= 4 is 0 Å². The molecular weight excluding hydrogens is 410 g/mol. The van der Waals surface area contributed by atoms with E-state index in [0.29, 0.717) is 41.8 Å². The lowest BCUT2D eigenvalue weighted by atomic mass is 10.0. The molecule has 33 heavy (non-hydrogen) atoms. The minimum atomic E-state index is 0.0564. The Bertz CT molecular complexity index is 1250. The van der Waals surface area contributed by atoms with Crippen molar-refractivity contribution in [2.24, 2.45) is 0 Å². The zero-order valence-corrected chi connectivity index (χ0v) is 19.5. The Kier molecular flexibility index (Phi) is 6.40. The molecule has 1 N–H and O–H groups in total. The summed E-state index contributed by atoms with van der Waals surface area (Å²) in [6.07, 6.45) is 0.647. The van der Waals surface area contributed by atoms with Crippen molar-refractivity contribution in [2.75, 3.05) is 6.61 Å². The molecule has 5 heteroatoms. The largest absolute Gasteiger partial charge is 0.507 e. The van der Waals surface area contributed by atoms with Gasteiger partial charge in [0.05, 0.1) is 12.2 Å². The van der Waals surface area contributed by atoms with Gasteiger partial charge in [-0.3, -0.25) is 0 Å². The third-order valence-corrected chi connectivity index (χ3v) is 5.50. The minimum absolute atomic E-state index is 0.0564. The summed E-state index contributed by atoms with van der Waals surface area (Å²) in [5.41, 5.74) is 6.91. The van der Waals surface area contributed by atoms with Crippen molar-refractivity contribution in [3.8, 4) is 45.7 Å². The molecule has 4 aromatic rings. The Labute approximate surface area is 195 Å². The van der Waals surface area contributed by atoms with Crippen LogP contribution < -0.4 is 4.74 Å². The third kappa shape index (κ3) is 4.87. The van der Waals surface area contributed by atoms with E-state index in [0.717, 1.165) is 22.3 Å². The first-order valence-electron chi connectivity index (χ1n) is 11.0. The van der Waals surface area contributed by atoms with Crippen LogP contribution in [0.1, 0.15) is 28.7 Å². The fourth-order valence-corrected chi connectivity index (χ4v) is 3.85. The molecule has 0 fully saturated rings. The molecule has 1 aromatic heterocycles. The lowest BCUT2D eigenvalue weighted by molar-refractivity contribution is 0.322. The van der Waals surface area contributed by atoms with E-state index in [-0.39, 0.29) is 5.75 Å². The third-order valence-electron chi connectivity index (χ3n) is 5.50. The highest BCUT2D eigenvalue weighted by atomic mass is 16.5. The lowest BCUT2D eigenvalue weighted by Gasteiger charge is -2.13. The molecule has 4 rings (SSSR count). The van der Waals surface area contributed by atoms with Crippen molar-refractivity contribution in [2.45, 2.75) is 34.1 Å². The number of rotatable bonds is 6. The first kappa shape index (κ1) is 22.5. The molecule has 0 aliphatic heterocycles. The highest BCUT2D eigenvalue weighted by Gasteiger charge is 2.17. The van der Waals surface area contributed by atoms with Crippen LogP contribution in [0.2, 0.25) is 0 Å². The van der Waals surface area contributed by atoms with E-state index in [2.05, 4.69) is 58.9 Å². The molecule has 0 aliphatic carbocycles. The number of phenolic OH excluding ortho intramolecular Hbond substituents is 1. The van der Waals surface area contributed by atoms with Gasteiger partial charge in [0.2, 0.25) is 0 Å². The van der Waals surface area contributed by atoms with E-state index >= 15 is 0 Å². The molecule has 0 spiro atoms. The van der Waals surface area contributed by atoms with Gasteiger partial charge in [0, 0.05) is 17.2 Å². The van der Waals surface area contributed by atoms with E-state index in [9.17, 15) is 5.11 Å². The van der Waals surface area contributed by atoms with Gasteiger partial charge in [0.15, 0.2) is 17.5 Å². The smallest absolute Gasteiger partial charge is 0.167 e. The molecule has 0 unspecified atom stereocenters. The first-order valence-corrected chi connectivity index (χ1v) is 11.0. The van der Waals surface area contributed by atoms with Crippen LogP contribution in [-0.2, 0) is 0 Å². The number of aromatic hydroxyl groups is 1. The van der Waals surface area contributed by atoms with Gasteiger partial charge in [-0.15, -0.1) is 0 Å². The van der Waals surface area contributed by atoms with E-state index in [4.69, 9.17) is 19.7 Å². The van der Waals surface area contributed by atoms with Crippen molar-refractivity contribution < 1.29 is 9.84 Å². The van der Waals surface area contributed by atoms with Crippen LogP contribution in [0.5, 0.6) is 11.5 Å². The second-order valence-electron chi connectivity index (χ2n) is 8.32. The van der Waals surface area contributed by atoms with Gasteiger partial charge >= 0.3 is 0 Å². The number of hydrogen-bond acceptors (Lipinski definition) is 5. The summed E-state index contributed by atoms with van der Waals surface area (Å²) < 4.78 is 5.59. The summed E-state index contributed by atoms with van der Waals surface area (Å²) in [6.45, 7) is 12.5. The molecule has 167 valence electrons. The fourth-order valence-electron chi connectivity index (χ4n) is 3.85. The Morgan fingerprint density at radius 3 is 1.64 bits per heavy atom. The Hall–Kier alpha value is -3.73. The van der Waals surface area contributed by atoms with Gasteiger partial charge in [-0.1, -0.05) is 47.5 Å². The molecule has 1 heterocycles. The number of hydrogen-bond donors (Lipinski definition) is 1. The van der Waals surface area contributed by atoms with Gasteiger partial charge in [-0.2, -0.15) is 0 Å². The predicted molar refractivity (Wildman–Crippen MR) is 132 cm³/mol. The van der Waals surface area contributed by atoms with E-state index in [1.54, 1.807) is 12.1 Å². The number of benzene rings is 3. The number of ether oxygens (including phenoxy) is 1. The monoisotopic (exact) mass is 438 g/mol. The summed E-state index contributed by atoms with van der Waals surface area (Å²) in [7, 11) is 0. The van der Waals surface area contributed by atoms with Crippen LogP contribution >= 0.6 is 0 Å². The minimum Gasteiger partial charge on any atom is -0.507 e. The average Bonchev–Trinajstić information content (AvgIpc) is 2.77. The van der Waals surface area contributed by atoms with Crippen molar-refractivity contribution in [3.05, 3.63) is 83.8 Å². The lowest BCUT2D eigenvalue weighted by Crippen LogP contribution is -2.02. The normalized spacial score (nSPS) is 10.9. The van der Waals surface area contributed by atoms with E-state index in [1.165, 1.54) is 11.1 Å². The number of phenols is 1. The zero-order chi connectivity index (χ0) is 23.5. The highest BCUT2D eigenvalue weighted by Crippen LogP contribution is 2.34. The van der Waals surface area contributed by atoms with E-state index in [1.807, 2.05) is 18.2 Å². The molecule has 0 atom stereocenters. The SMILES string of the molecule is [CH2]CCOc1ccc(-c2nc(-c3ccc(C)cc3C)nc(-c3ccc(C)cc3C)n2)c(O)c1. The topological polar surface area (TPSA) is 68.1 Å². The second-order valence-corrected chi connectivity index (χ2v) is 8.32. The van der Waals surface area contributed by atoms with Crippen LogP contribution in [0.25, 0.3) is 34.2 Å². The summed E-state index contributed by atoms with van der Waals surface area (Å²) in [5, 5.41) is 10.8. The van der Waals surface area contributed by atoms with Crippen LogP contribution in [0, 0.1) is 34.6 Å². The fraction of sp³-hybridized carbons (Fsp3) is 0.214. The molecular formula is C28H28N3O2. The summed E-state index contributed by atoms with van der Waals surface area (Å²) >= 11 is 0. The molecule has 5 nitrogen and oxygen atoms in total. The maximum Gasteiger partial charge on any atom is 0.167 e. The van der Waals surface area contributed by atoms with Gasteiger partial charge in [0.25, 0.3) is 0 Å². The van der Waals surface area contributed by atoms with Crippen molar-refractivity contribution in [3.63, 3.8) is 0 Å². The van der Waals surface area contributed by atoms with Crippen LogP contribution in [0.3, 0.4) is 0 Å². The van der Waals surface area contributed by atoms with Gasteiger partial charge in [-0.25, -0.2) is 15.0 Å². The number of nitrogens with zero attached hydrogens (tertiary/aromatic N) is 3. The maximum absolute atomic E-state index is 10.8. The molecule has 0 saturated heterocycles. The quantitative estimate of drug-likeness (QED) is 0.376. The second kappa shape index (κ2) is 9.41. The van der Waals surface area contributed by atoms with Crippen molar-refractivity contribution in [1.29, 1.82) is 0 Å². The molecule has 3 aromatic carbocycles. The van der Waals surface area contributed by atoms with Crippen LogP contribution in [0.15, 0.2) is 54.6 Å². The van der Waals surface area contributed by atoms with Crippen molar-refractivity contribution in [1.82, 2.24) is 15.0 Å². The molecule has 0 amide bonds. The Morgan fingerprint density at radius 2 is 1.18 bits per heavy atom. The molecule has 1 radical (unpaired) electrons.